The SMILES string of the molecule is Cc1cccc(C(=O)O)c1S(=O)(=O)NC(C)C(N)=O. The Kier molecular flexibility index (Phi) is 4.28. The second-order valence-electron chi connectivity index (χ2n) is 4.00. The highest BCUT2D eigenvalue weighted by Crippen LogP contribution is 2.20. The van der Waals surface area contributed by atoms with Crippen LogP contribution in [0.4, 0.5) is 0 Å². The summed E-state index contributed by atoms with van der Waals surface area (Å²) in [6.07, 6.45) is 0. The summed E-state index contributed by atoms with van der Waals surface area (Å²) >= 11 is 0. The van der Waals surface area contributed by atoms with Crippen LogP contribution in [0, 0.1) is 6.92 Å². The average Bonchev–Trinajstić information content (AvgIpc) is 2.27. The van der Waals surface area contributed by atoms with Crippen molar-refractivity contribution in [2.45, 2.75) is 24.8 Å². The third-order valence-corrected chi connectivity index (χ3v) is 4.21. The van der Waals surface area contributed by atoms with Crippen molar-refractivity contribution in [3.05, 3.63) is 29.3 Å². The lowest BCUT2D eigenvalue weighted by Crippen LogP contribution is -2.42. The minimum atomic E-state index is -4.14. The molecule has 7 nitrogen and oxygen atoms in total. The van der Waals surface area contributed by atoms with Crippen molar-refractivity contribution in [1.29, 1.82) is 0 Å². The fourth-order valence-electron chi connectivity index (χ4n) is 1.53. The Morgan fingerprint density at radius 3 is 2.42 bits per heavy atom. The lowest BCUT2D eigenvalue weighted by Gasteiger charge is -2.14. The van der Waals surface area contributed by atoms with E-state index in [9.17, 15) is 18.0 Å². The summed E-state index contributed by atoms with van der Waals surface area (Å²) < 4.78 is 26.3. The second kappa shape index (κ2) is 5.37. The van der Waals surface area contributed by atoms with Gasteiger partial charge in [0, 0.05) is 0 Å². The van der Waals surface area contributed by atoms with Crippen LogP contribution in [0.5, 0.6) is 0 Å². The number of rotatable bonds is 5. The molecular weight excluding hydrogens is 272 g/mol. The van der Waals surface area contributed by atoms with Crippen molar-refractivity contribution in [2.24, 2.45) is 5.73 Å². The first kappa shape index (κ1) is 15.1. The molecule has 1 atom stereocenters. The maximum atomic E-state index is 12.1. The highest BCUT2D eigenvalue weighted by Gasteiger charge is 2.27. The Hall–Kier alpha value is -1.93. The van der Waals surface area contributed by atoms with Gasteiger partial charge >= 0.3 is 5.97 Å². The van der Waals surface area contributed by atoms with Crippen molar-refractivity contribution in [3.63, 3.8) is 0 Å². The molecule has 0 aliphatic heterocycles. The van der Waals surface area contributed by atoms with Crippen LogP contribution in [0.2, 0.25) is 0 Å². The van der Waals surface area contributed by atoms with Gasteiger partial charge in [-0.1, -0.05) is 12.1 Å². The Morgan fingerprint density at radius 1 is 1.37 bits per heavy atom. The van der Waals surface area contributed by atoms with Gasteiger partial charge in [0.2, 0.25) is 15.9 Å². The number of amides is 1. The van der Waals surface area contributed by atoms with Crippen LogP contribution in [0.25, 0.3) is 0 Å². The molecule has 0 radical (unpaired) electrons. The van der Waals surface area contributed by atoms with Gasteiger partial charge in [-0.3, -0.25) is 4.79 Å². The first-order chi connectivity index (χ1) is 8.66. The minimum absolute atomic E-state index is 0.268. The molecule has 0 aliphatic carbocycles. The van der Waals surface area contributed by atoms with Crippen molar-refractivity contribution < 1.29 is 23.1 Å². The van der Waals surface area contributed by atoms with E-state index in [1.54, 1.807) is 0 Å². The number of aryl methyl sites for hydroxylation is 1. The fraction of sp³-hybridized carbons (Fsp3) is 0.273. The number of carbonyl (C=O) groups is 2. The number of aromatic carboxylic acids is 1. The molecule has 104 valence electrons. The topological polar surface area (TPSA) is 127 Å². The monoisotopic (exact) mass is 286 g/mol. The minimum Gasteiger partial charge on any atom is -0.478 e. The molecule has 8 heteroatoms. The second-order valence-corrected chi connectivity index (χ2v) is 5.65. The summed E-state index contributed by atoms with van der Waals surface area (Å²) in [5.41, 5.74) is 4.89. The largest absolute Gasteiger partial charge is 0.478 e. The third-order valence-electron chi connectivity index (χ3n) is 2.47. The number of nitrogens with two attached hydrogens (primary N) is 1. The number of carbonyl (C=O) groups excluding carboxylic acids is 1. The molecule has 0 spiro atoms. The summed E-state index contributed by atoms with van der Waals surface area (Å²) in [6.45, 7) is 2.74. The molecule has 1 aromatic carbocycles. The lowest BCUT2D eigenvalue weighted by molar-refractivity contribution is -0.119. The molecule has 1 rings (SSSR count). The molecule has 0 bridgehead atoms. The summed E-state index contributed by atoms with van der Waals surface area (Å²) in [7, 11) is -4.14. The van der Waals surface area contributed by atoms with Gasteiger partial charge < -0.3 is 10.8 Å². The predicted octanol–water partition coefficient (Wildman–Crippen LogP) is -0.155. The Balaban J connectivity index is 3.36. The Bertz CT molecular complexity index is 624. The van der Waals surface area contributed by atoms with E-state index in [2.05, 4.69) is 0 Å². The molecule has 0 aromatic heterocycles. The number of benzene rings is 1. The number of carboxylic acids is 1. The summed E-state index contributed by atoms with van der Waals surface area (Å²) in [6, 6.07) is 2.95. The van der Waals surface area contributed by atoms with E-state index in [0.717, 1.165) is 0 Å². The molecule has 0 heterocycles. The van der Waals surface area contributed by atoms with Crippen LogP contribution in [0.1, 0.15) is 22.8 Å². The van der Waals surface area contributed by atoms with Gasteiger partial charge in [0.15, 0.2) is 0 Å². The van der Waals surface area contributed by atoms with Crippen LogP contribution in [0.3, 0.4) is 0 Å². The van der Waals surface area contributed by atoms with E-state index < -0.39 is 27.9 Å². The van der Waals surface area contributed by atoms with E-state index in [0.29, 0.717) is 0 Å². The van der Waals surface area contributed by atoms with Gasteiger partial charge in [-0.05, 0) is 25.5 Å². The summed E-state index contributed by atoms with van der Waals surface area (Å²) in [5.74, 6) is -2.22. The zero-order chi connectivity index (χ0) is 14.8. The average molecular weight is 286 g/mol. The van der Waals surface area contributed by atoms with E-state index >= 15 is 0 Å². The molecule has 0 saturated heterocycles. The van der Waals surface area contributed by atoms with E-state index in [4.69, 9.17) is 10.8 Å². The molecule has 1 aromatic rings. The molecule has 0 saturated carbocycles. The number of hydrogen-bond donors (Lipinski definition) is 3. The molecule has 1 amide bonds. The number of hydrogen-bond acceptors (Lipinski definition) is 4. The zero-order valence-corrected chi connectivity index (χ0v) is 11.2. The smallest absolute Gasteiger partial charge is 0.337 e. The predicted molar refractivity (Wildman–Crippen MR) is 67.1 cm³/mol. The quantitative estimate of drug-likeness (QED) is 0.693. The van der Waals surface area contributed by atoms with E-state index in [-0.39, 0.29) is 16.0 Å². The van der Waals surface area contributed by atoms with Crippen LogP contribution in [-0.2, 0) is 14.8 Å². The van der Waals surface area contributed by atoms with Crippen molar-refractivity contribution in [1.82, 2.24) is 4.72 Å². The first-order valence-electron chi connectivity index (χ1n) is 5.31. The normalized spacial score (nSPS) is 12.9. The summed E-state index contributed by atoms with van der Waals surface area (Å²) in [5, 5.41) is 9.01. The van der Waals surface area contributed by atoms with Gasteiger partial charge in [-0.2, -0.15) is 4.72 Å². The van der Waals surface area contributed by atoms with Crippen molar-refractivity contribution in [3.8, 4) is 0 Å². The fourth-order valence-corrected chi connectivity index (χ4v) is 3.16. The third kappa shape index (κ3) is 3.30. The van der Waals surface area contributed by atoms with Crippen LogP contribution < -0.4 is 10.5 Å². The highest BCUT2D eigenvalue weighted by atomic mass is 32.2. The number of nitrogens with one attached hydrogen (secondary N) is 1. The van der Waals surface area contributed by atoms with E-state index in [1.807, 2.05) is 4.72 Å². The lowest BCUT2D eigenvalue weighted by atomic mass is 10.1. The van der Waals surface area contributed by atoms with Gasteiger partial charge in [0.1, 0.15) is 0 Å². The van der Waals surface area contributed by atoms with Crippen molar-refractivity contribution in [2.75, 3.05) is 0 Å². The molecule has 1 unspecified atom stereocenters. The van der Waals surface area contributed by atoms with Crippen molar-refractivity contribution >= 4 is 21.9 Å². The standard InChI is InChI=1S/C11H14N2O5S/c1-6-4-3-5-8(11(15)16)9(6)19(17,18)13-7(2)10(12)14/h3-5,7,13H,1-2H3,(H2,12,14)(H,15,16). The summed E-state index contributed by atoms with van der Waals surface area (Å²) in [4.78, 5) is 21.6. The Morgan fingerprint density at radius 2 is 1.95 bits per heavy atom. The molecule has 4 N–H and O–H groups in total. The van der Waals surface area contributed by atoms with Gasteiger partial charge in [0.05, 0.1) is 16.5 Å². The molecule has 0 fully saturated rings. The van der Waals surface area contributed by atoms with Gasteiger partial charge in [-0.15, -0.1) is 0 Å². The molecular formula is C11H14N2O5S. The highest BCUT2D eigenvalue weighted by molar-refractivity contribution is 7.89. The maximum Gasteiger partial charge on any atom is 0.337 e. The van der Waals surface area contributed by atoms with Gasteiger partial charge in [-0.25, -0.2) is 13.2 Å². The number of carboxylic acid groups (broad SMARTS) is 1. The maximum absolute atomic E-state index is 12.1. The molecule has 19 heavy (non-hydrogen) atoms. The number of sulfonamides is 1. The molecule has 0 aliphatic rings. The van der Waals surface area contributed by atoms with E-state index in [1.165, 1.54) is 32.0 Å². The first-order valence-corrected chi connectivity index (χ1v) is 6.79. The number of primary amides is 1. The van der Waals surface area contributed by atoms with Gasteiger partial charge in [0.25, 0.3) is 0 Å². The van der Waals surface area contributed by atoms with Crippen LogP contribution in [0.15, 0.2) is 23.1 Å². The Labute approximate surface area is 110 Å². The van der Waals surface area contributed by atoms with Crippen LogP contribution in [-0.4, -0.2) is 31.4 Å². The zero-order valence-electron chi connectivity index (χ0n) is 10.4. The van der Waals surface area contributed by atoms with Crippen LogP contribution >= 0.6 is 0 Å².